The van der Waals surface area contributed by atoms with Crippen molar-refractivity contribution < 1.29 is 23.1 Å². The summed E-state index contributed by atoms with van der Waals surface area (Å²) in [6.45, 7) is 2.53. The van der Waals surface area contributed by atoms with E-state index in [1.807, 2.05) is 6.92 Å². The summed E-state index contributed by atoms with van der Waals surface area (Å²) < 4.78 is 32.8. The minimum atomic E-state index is -1.17. The summed E-state index contributed by atoms with van der Waals surface area (Å²) in [5, 5.41) is 2.76. The van der Waals surface area contributed by atoms with Gasteiger partial charge in [0.1, 0.15) is 11.7 Å². The number of ether oxygens (including phenoxy) is 1. The van der Waals surface area contributed by atoms with Crippen LogP contribution in [0.15, 0.2) is 36.4 Å². The molecule has 1 aliphatic heterocycles. The molecule has 1 heterocycles. The Morgan fingerprint density at radius 2 is 2.07 bits per heavy atom. The van der Waals surface area contributed by atoms with E-state index in [2.05, 4.69) is 5.32 Å². The van der Waals surface area contributed by atoms with Crippen LogP contribution in [0.3, 0.4) is 0 Å². The van der Waals surface area contributed by atoms with E-state index in [0.717, 1.165) is 6.07 Å². The molecule has 3 rings (SSSR count). The zero-order valence-electron chi connectivity index (χ0n) is 15.3. The van der Waals surface area contributed by atoms with Gasteiger partial charge in [0.2, 0.25) is 11.8 Å². The molecule has 2 aromatic carbocycles. The SMILES string of the molecule is CCOc1cc(C2CN(C)C(=O)C2C(=O)Nc2cccc(F)c2F)ccc1Cl. The van der Waals surface area contributed by atoms with E-state index in [9.17, 15) is 18.4 Å². The number of rotatable bonds is 5. The predicted molar refractivity (Wildman–Crippen MR) is 101 cm³/mol. The van der Waals surface area contributed by atoms with Crippen molar-refractivity contribution in [3.63, 3.8) is 0 Å². The summed E-state index contributed by atoms with van der Waals surface area (Å²) in [6, 6.07) is 8.54. The lowest BCUT2D eigenvalue weighted by Crippen LogP contribution is -2.33. The summed E-state index contributed by atoms with van der Waals surface area (Å²) in [4.78, 5) is 26.8. The molecule has 0 aromatic heterocycles. The van der Waals surface area contributed by atoms with E-state index in [-0.39, 0.29) is 5.69 Å². The quantitative estimate of drug-likeness (QED) is 0.765. The van der Waals surface area contributed by atoms with Gasteiger partial charge in [-0.2, -0.15) is 0 Å². The Labute approximate surface area is 166 Å². The molecule has 2 atom stereocenters. The molecule has 28 heavy (non-hydrogen) atoms. The standard InChI is InChI=1S/C20H19ClF2N2O3/c1-3-28-16-9-11(7-8-13(16)21)12-10-25(2)20(27)17(12)19(26)24-15-6-4-5-14(22)18(15)23/h4-9,12,17H,3,10H2,1-2H3,(H,24,26). The van der Waals surface area contributed by atoms with Gasteiger partial charge in [-0.1, -0.05) is 23.7 Å². The molecule has 1 aliphatic rings. The van der Waals surface area contributed by atoms with Crippen LogP contribution in [0.25, 0.3) is 0 Å². The van der Waals surface area contributed by atoms with Gasteiger partial charge in [0.15, 0.2) is 11.6 Å². The topological polar surface area (TPSA) is 58.6 Å². The second-order valence-electron chi connectivity index (χ2n) is 6.52. The van der Waals surface area contributed by atoms with E-state index in [1.165, 1.54) is 17.0 Å². The Hall–Kier alpha value is -2.67. The van der Waals surface area contributed by atoms with Crippen molar-refractivity contribution >= 4 is 29.1 Å². The molecule has 0 saturated carbocycles. The van der Waals surface area contributed by atoms with Crippen LogP contribution in [-0.2, 0) is 9.59 Å². The molecular weight excluding hydrogens is 390 g/mol. The highest BCUT2D eigenvalue weighted by molar-refractivity contribution is 6.32. The molecule has 0 bridgehead atoms. The third kappa shape index (κ3) is 3.80. The van der Waals surface area contributed by atoms with Crippen LogP contribution in [-0.4, -0.2) is 36.9 Å². The lowest BCUT2D eigenvalue weighted by atomic mass is 9.87. The molecule has 2 aromatic rings. The van der Waals surface area contributed by atoms with Crippen molar-refractivity contribution in [1.29, 1.82) is 0 Å². The van der Waals surface area contributed by atoms with E-state index in [0.29, 0.717) is 29.5 Å². The van der Waals surface area contributed by atoms with Gasteiger partial charge < -0.3 is 15.0 Å². The number of amides is 2. The Bertz CT molecular complexity index is 922. The number of anilines is 1. The zero-order valence-corrected chi connectivity index (χ0v) is 16.1. The molecule has 0 radical (unpaired) electrons. The highest BCUT2D eigenvalue weighted by Crippen LogP contribution is 2.37. The van der Waals surface area contributed by atoms with Crippen LogP contribution in [0, 0.1) is 17.6 Å². The number of halogens is 3. The highest BCUT2D eigenvalue weighted by atomic mass is 35.5. The van der Waals surface area contributed by atoms with Crippen LogP contribution in [0.4, 0.5) is 14.5 Å². The molecule has 1 fully saturated rings. The van der Waals surface area contributed by atoms with Gasteiger partial charge in [0, 0.05) is 19.5 Å². The minimum Gasteiger partial charge on any atom is -0.492 e. The summed E-state index contributed by atoms with van der Waals surface area (Å²) in [7, 11) is 1.59. The van der Waals surface area contributed by atoms with E-state index >= 15 is 0 Å². The fraction of sp³-hybridized carbons (Fsp3) is 0.300. The van der Waals surface area contributed by atoms with Crippen molar-refractivity contribution in [2.75, 3.05) is 25.5 Å². The number of hydrogen-bond donors (Lipinski definition) is 1. The monoisotopic (exact) mass is 408 g/mol. The summed E-state index contributed by atoms with van der Waals surface area (Å²) in [5.74, 6) is -4.45. The normalized spacial score (nSPS) is 19.0. The van der Waals surface area contributed by atoms with Crippen LogP contribution in [0.1, 0.15) is 18.4 Å². The minimum absolute atomic E-state index is 0.301. The van der Waals surface area contributed by atoms with Gasteiger partial charge in [-0.25, -0.2) is 8.78 Å². The predicted octanol–water partition coefficient (Wildman–Crippen LogP) is 3.83. The molecule has 1 N–H and O–H groups in total. The highest BCUT2D eigenvalue weighted by Gasteiger charge is 2.44. The van der Waals surface area contributed by atoms with Crippen LogP contribution < -0.4 is 10.1 Å². The van der Waals surface area contributed by atoms with Gasteiger partial charge in [0.05, 0.1) is 17.3 Å². The van der Waals surface area contributed by atoms with Crippen molar-refractivity contribution in [1.82, 2.24) is 4.90 Å². The summed E-state index contributed by atoms with van der Waals surface area (Å²) in [6.07, 6.45) is 0. The maximum absolute atomic E-state index is 13.9. The number of likely N-dealkylation sites (tertiary alicyclic amines) is 1. The third-order valence-electron chi connectivity index (χ3n) is 4.69. The van der Waals surface area contributed by atoms with Crippen molar-refractivity contribution in [2.45, 2.75) is 12.8 Å². The van der Waals surface area contributed by atoms with Gasteiger partial charge in [-0.05, 0) is 36.8 Å². The maximum atomic E-state index is 13.9. The lowest BCUT2D eigenvalue weighted by molar-refractivity contribution is -0.135. The Kier molecular flexibility index (Phi) is 5.84. The van der Waals surface area contributed by atoms with Crippen molar-refractivity contribution in [3.05, 3.63) is 58.6 Å². The van der Waals surface area contributed by atoms with Crippen LogP contribution in [0.5, 0.6) is 5.75 Å². The first-order valence-corrected chi connectivity index (χ1v) is 9.13. The molecule has 8 heteroatoms. The van der Waals surface area contributed by atoms with Crippen LogP contribution >= 0.6 is 11.6 Å². The second kappa shape index (κ2) is 8.14. The summed E-state index contributed by atoms with van der Waals surface area (Å²) >= 11 is 6.12. The molecule has 1 saturated heterocycles. The van der Waals surface area contributed by atoms with E-state index in [1.54, 1.807) is 25.2 Å². The van der Waals surface area contributed by atoms with Gasteiger partial charge in [-0.3, -0.25) is 9.59 Å². The molecule has 148 valence electrons. The number of carbonyl (C=O) groups is 2. The lowest BCUT2D eigenvalue weighted by Gasteiger charge is -2.18. The first-order chi connectivity index (χ1) is 13.3. The third-order valence-corrected chi connectivity index (χ3v) is 5.00. The second-order valence-corrected chi connectivity index (χ2v) is 6.92. The maximum Gasteiger partial charge on any atom is 0.237 e. The van der Waals surface area contributed by atoms with E-state index < -0.39 is 35.3 Å². The van der Waals surface area contributed by atoms with Gasteiger partial charge in [0.25, 0.3) is 0 Å². The van der Waals surface area contributed by atoms with Crippen molar-refractivity contribution in [3.8, 4) is 5.75 Å². The fourth-order valence-electron chi connectivity index (χ4n) is 3.32. The van der Waals surface area contributed by atoms with Gasteiger partial charge >= 0.3 is 0 Å². The van der Waals surface area contributed by atoms with Gasteiger partial charge in [-0.15, -0.1) is 0 Å². The molecule has 0 spiro atoms. The number of benzene rings is 2. The largest absolute Gasteiger partial charge is 0.492 e. The van der Waals surface area contributed by atoms with Crippen molar-refractivity contribution in [2.24, 2.45) is 5.92 Å². The number of carbonyl (C=O) groups excluding carboxylic acids is 2. The number of likely N-dealkylation sites (N-methyl/N-ethyl adjacent to an activating group) is 1. The molecule has 0 aliphatic carbocycles. The zero-order chi connectivity index (χ0) is 20.4. The first-order valence-electron chi connectivity index (χ1n) is 8.75. The molecule has 5 nitrogen and oxygen atoms in total. The van der Waals surface area contributed by atoms with E-state index in [4.69, 9.17) is 16.3 Å². The average Bonchev–Trinajstić information content (AvgIpc) is 2.96. The number of nitrogens with zero attached hydrogens (tertiary/aromatic N) is 1. The molecular formula is C20H19ClF2N2O3. The smallest absolute Gasteiger partial charge is 0.237 e. The average molecular weight is 409 g/mol. The molecule has 2 amide bonds. The first kappa shape index (κ1) is 20.1. The number of nitrogens with one attached hydrogen (secondary N) is 1. The Balaban J connectivity index is 1.91. The fourth-order valence-corrected chi connectivity index (χ4v) is 3.49. The Morgan fingerprint density at radius 3 is 2.79 bits per heavy atom. The number of hydrogen-bond acceptors (Lipinski definition) is 3. The molecule has 2 unspecified atom stereocenters. The Morgan fingerprint density at radius 1 is 1.32 bits per heavy atom. The van der Waals surface area contributed by atoms with Crippen LogP contribution in [0.2, 0.25) is 5.02 Å². The summed E-state index contributed by atoms with van der Waals surface area (Å²) in [5.41, 5.74) is 0.391.